The lowest BCUT2D eigenvalue weighted by Gasteiger charge is -2.27. The Morgan fingerprint density at radius 3 is 0.750 bits per heavy atom. The second-order valence-electron chi connectivity index (χ2n) is 13.2. The van der Waals surface area contributed by atoms with Gasteiger partial charge >= 0.3 is 0 Å². The predicted molar refractivity (Wildman–Crippen MR) is 183 cm³/mol. The summed E-state index contributed by atoms with van der Waals surface area (Å²) < 4.78 is 26.3. The topological polar surface area (TPSA) is 36.9 Å². The maximum absolute atomic E-state index is 6.59. The molecule has 5 aromatic carbocycles. The highest BCUT2D eigenvalue weighted by Gasteiger charge is 2.41. The highest BCUT2D eigenvalue weighted by molar-refractivity contribution is 6.08. The molecule has 7 rings (SSSR count). The Hall–Kier alpha value is -3.66. The van der Waals surface area contributed by atoms with Crippen molar-refractivity contribution in [3.63, 3.8) is 0 Å². The average Bonchev–Trinajstić information content (AvgIpc) is 3.56. The van der Waals surface area contributed by atoms with Crippen molar-refractivity contribution in [3.8, 4) is 23.0 Å². The molecule has 0 unspecified atom stereocenters. The van der Waals surface area contributed by atoms with E-state index >= 15 is 0 Å². The second kappa shape index (κ2) is 11.7. The molecule has 0 saturated carbocycles. The van der Waals surface area contributed by atoms with Gasteiger partial charge in [-0.15, -0.1) is 0 Å². The van der Waals surface area contributed by atoms with Crippen LogP contribution in [0.5, 0.6) is 23.0 Å². The number of unbranched alkanes of at least 4 members (excludes halogenated alkanes) is 4. The SMILES string of the molecule is CCCCC1(CCCC)Oc2cc3cc4cc5cc6cc7c(cc6cc5cc4cc3cc2O1)OC(CCCC)(CCCC)O7. The van der Waals surface area contributed by atoms with Gasteiger partial charge in [-0.3, -0.25) is 0 Å². The minimum Gasteiger partial charge on any atom is -0.448 e. The Labute approximate surface area is 261 Å². The van der Waals surface area contributed by atoms with Gasteiger partial charge in [0.05, 0.1) is 0 Å². The quantitative estimate of drug-likeness (QED) is 0.135. The molecule has 2 heterocycles. The van der Waals surface area contributed by atoms with E-state index in [9.17, 15) is 0 Å². The number of fused-ring (bicyclic) bond motifs is 6. The maximum atomic E-state index is 6.59. The van der Waals surface area contributed by atoms with Crippen LogP contribution in [-0.2, 0) is 0 Å². The lowest BCUT2D eigenvalue weighted by Crippen LogP contribution is -2.38. The molecule has 44 heavy (non-hydrogen) atoms. The summed E-state index contributed by atoms with van der Waals surface area (Å²) in [6.07, 6.45) is 12.6. The summed E-state index contributed by atoms with van der Waals surface area (Å²) >= 11 is 0. The van der Waals surface area contributed by atoms with Crippen LogP contribution in [0.4, 0.5) is 0 Å². The highest BCUT2D eigenvalue weighted by Crippen LogP contribution is 2.48. The van der Waals surface area contributed by atoms with Crippen LogP contribution in [0.1, 0.15) is 105 Å². The molecule has 4 heteroatoms. The second-order valence-corrected chi connectivity index (χ2v) is 13.2. The first-order valence-corrected chi connectivity index (χ1v) is 17.1. The van der Waals surface area contributed by atoms with Gasteiger partial charge in [-0.2, -0.15) is 0 Å². The lowest BCUT2D eigenvalue weighted by molar-refractivity contribution is -0.0948. The van der Waals surface area contributed by atoms with Crippen molar-refractivity contribution >= 4 is 43.1 Å². The molecular weight excluding hydrogens is 544 g/mol. The van der Waals surface area contributed by atoms with E-state index in [1.54, 1.807) is 0 Å². The van der Waals surface area contributed by atoms with Gasteiger partial charge in [0.2, 0.25) is 0 Å². The van der Waals surface area contributed by atoms with Gasteiger partial charge in [0.15, 0.2) is 23.0 Å². The molecule has 230 valence electrons. The zero-order valence-electron chi connectivity index (χ0n) is 26.9. The predicted octanol–water partition coefficient (Wildman–Crippen LogP) is 12.0. The smallest absolute Gasteiger partial charge is 0.251 e. The number of hydrogen-bond acceptors (Lipinski definition) is 4. The van der Waals surface area contributed by atoms with E-state index in [2.05, 4.69) is 88.4 Å². The molecule has 0 aliphatic carbocycles. The Kier molecular flexibility index (Phi) is 7.72. The Balaban J connectivity index is 1.24. The number of ether oxygens (including phenoxy) is 4. The molecule has 0 aromatic heterocycles. The van der Waals surface area contributed by atoms with Crippen molar-refractivity contribution in [2.24, 2.45) is 0 Å². The standard InChI is InChI=1S/C40H46O4/c1-5-9-13-39(14-10-6-2)41-35-23-31-19-27-17-29-21-33-25-37-38(44-40(43-37,15-11-7-3)16-12-8-4)26-34(33)22-30(29)18-28(27)20-32(31)24-36(35)42-39/h17-26H,5-16H2,1-4H3. The summed E-state index contributed by atoms with van der Waals surface area (Å²) in [7, 11) is 0. The normalized spacial score (nSPS) is 16.1. The monoisotopic (exact) mass is 590 g/mol. The van der Waals surface area contributed by atoms with Crippen molar-refractivity contribution < 1.29 is 18.9 Å². The number of rotatable bonds is 12. The van der Waals surface area contributed by atoms with E-state index in [0.29, 0.717) is 0 Å². The molecule has 0 fully saturated rings. The minimum atomic E-state index is -0.528. The molecule has 2 aliphatic heterocycles. The van der Waals surface area contributed by atoms with E-state index < -0.39 is 11.6 Å². The summed E-state index contributed by atoms with van der Waals surface area (Å²) in [6.45, 7) is 8.91. The molecular formula is C40H46O4. The fourth-order valence-corrected chi connectivity index (χ4v) is 7.13. The Morgan fingerprint density at radius 1 is 0.341 bits per heavy atom. The van der Waals surface area contributed by atoms with Gasteiger partial charge in [0.25, 0.3) is 11.6 Å². The number of benzene rings is 5. The van der Waals surface area contributed by atoms with Gasteiger partial charge in [0, 0.05) is 25.7 Å². The van der Waals surface area contributed by atoms with Crippen LogP contribution in [0.2, 0.25) is 0 Å². The van der Waals surface area contributed by atoms with Crippen molar-refractivity contribution in [3.05, 3.63) is 60.7 Å². The maximum Gasteiger partial charge on any atom is 0.251 e. The van der Waals surface area contributed by atoms with Gasteiger partial charge in [-0.1, -0.05) is 53.4 Å². The lowest BCUT2D eigenvalue weighted by atomic mass is 9.97. The molecule has 0 bridgehead atoms. The molecule has 2 aliphatic rings. The van der Waals surface area contributed by atoms with Crippen molar-refractivity contribution in [1.29, 1.82) is 0 Å². The minimum absolute atomic E-state index is 0.528. The molecule has 0 radical (unpaired) electrons. The fourth-order valence-electron chi connectivity index (χ4n) is 7.13. The average molecular weight is 591 g/mol. The first-order valence-electron chi connectivity index (χ1n) is 17.1. The molecule has 4 nitrogen and oxygen atoms in total. The summed E-state index contributed by atoms with van der Waals surface area (Å²) in [5.41, 5.74) is 0. The van der Waals surface area contributed by atoms with Crippen molar-refractivity contribution in [2.45, 2.75) is 116 Å². The zero-order valence-corrected chi connectivity index (χ0v) is 26.9. The molecule has 0 saturated heterocycles. The van der Waals surface area contributed by atoms with Crippen molar-refractivity contribution in [1.82, 2.24) is 0 Å². The number of hydrogen-bond donors (Lipinski definition) is 0. The fraction of sp³-hybridized carbons (Fsp3) is 0.450. The van der Waals surface area contributed by atoms with E-state index in [-0.39, 0.29) is 0 Å². The molecule has 0 spiro atoms. The first-order chi connectivity index (χ1) is 21.5. The van der Waals surface area contributed by atoms with E-state index in [1.807, 2.05) is 0 Å². The van der Waals surface area contributed by atoms with Gasteiger partial charge in [-0.05, 0) is 129 Å². The third-order valence-electron chi connectivity index (χ3n) is 9.66. The van der Waals surface area contributed by atoms with Gasteiger partial charge in [0.1, 0.15) is 0 Å². The van der Waals surface area contributed by atoms with Crippen LogP contribution < -0.4 is 18.9 Å². The summed E-state index contributed by atoms with van der Waals surface area (Å²) in [6, 6.07) is 22.5. The van der Waals surface area contributed by atoms with E-state index in [0.717, 1.165) is 100 Å². The third-order valence-corrected chi connectivity index (χ3v) is 9.66. The van der Waals surface area contributed by atoms with Crippen LogP contribution in [-0.4, -0.2) is 11.6 Å². The Bertz CT molecular complexity index is 1570. The zero-order chi connectivity index (χ0) is 30.3. The third kappa shape index (κ3) is 5.31. The van der Waals surface area contributed by atoms with Gasteiger partial charge < -0.3 is 18.9 Å². The molecule has 0 amide bonds. The van der Waals surface area contributed by atoms with E-state index in [4.69, 9.17) is 18.9 Å². The van der Waals surface area contributed by atoms with E-state index in [1.165, 1.54) is 43.1 Å². The van der Waals surface area contributed by atoms with Crippen LogP contribution in [0.3, 0.4) is 0 Å². The highest BCUT2D eigenvalue weighted by atomic mass is 16.7. The largest absolute Gasteiger partial charge is 0.448 e. The van der Waals surface area contributed by atoms with Crippen LogP contribution in [0.25, 0.3) is 43.1 Å². The summed E-state index contributed by atoms with van der Waals surface area (Å²) in [4.78, 5) is 0. The molecule has 0 atom stereocenters. The van der Waals surface area contributed by atoms with Crippen molar-refractivity contribution in [2.75, 3.05) is 0 Å². The van der Waals surface area contributed by atoms with Gasteiger partial charge in [-0.25, -0.2) is 0 Å². The Morgan fingerprint density at radius 2 is 0.545 bits per heavy atom. The first kappa shape index (κ1) is 29.1. The van der Waals surface area contributed by atoms with Crippen LogP contribution >= 0.6 is 0 Å². The van der Waals surface area contributed by atoms with Crippen LogP contribution in [0, 0.1) is 0 Å². The summed E-state index contributed by atoms with van der Waals surface area (Å²) in [5, 5.41) is 9.63. The molecule has 0 N–H and O–H groups in total. The molecule has 5 aromatic rings. The summed E-state index contributed by atoms with van der Waals surface area (Å²) in [5.74, 6) is 2.45. The van der Waals surface area contributed by atoms with Crippen LogP contribution in [0.15, 0.2) is 60.7 Å².